The molecule has 2 aliphatic rings. The van der Waals surface area contributed by atoms with Crippen LogP contribution in [-0.4, -0.2) is 47.4 Å². The molecule has 1 aromatic carbocycles. The number of rotatable bonds is 6. The van der Waals surface area contributed by atoms with Crippen molar-refractivity contribution in [1.29, 1.82) is 0 Å². The minimum atomic E-state index is -0.529. The van der Waals surface area contributed by atoms with Gasteiger partial charge in [-0.2, -0.15) is 0 Å². The van der Waals surface area contributed by atoms with E-state index in [1.807, 2.05) is 4.90 Å². The largest absolute Gasteiger partial charge is 0.341 e. The van der Waals surface area contributed by atoms with Crippen molar-refractivity contribution < 1.29 is 4.79 Å². The predicted molar refractivity (Wildman–Crippen MR) is 103 cm³/mol. The maximum Gasteiger partial charge on any atom is 0.242 e. The van der Waals surface area contributed by atoms with Crippen LogP contribution in [0.25, 0.3) is 0 Å². The smallest absolute Gasteiger partial charge is 0.242 e. The summed E-state index contributed by atoms with van der Waals surface area (Å²) in [7, 11) is 0. The van der Waals surface area contributed by atoms with E-state index in [-0.39, 0.29) is 30.7 Å². The fraction of sp³-hybridized carbons (Fsp3) is 0.611. The van der Waals surface area contributed by atoms with Gasteiger partial charge in [-0.15, -0.1) is 24.8 Å². The average molecular weight is 374 g/mol. The highest BCUT2D eigenvalue weighted by atomic mass is 35.5. The van der Waals surface area contributed by atoms with E-state index in [1.165, 1.54) is 12.0 Å². The van der Waals surface area contributed by atoms with Gasteiger partial charge in [0.1, 0.15) is 0 Å². The van der Waals surface area contributed by atoms with Crippen molar-refractivity contribution in [1.82, 2.24) is 9.80 Å². The first kappa shape index (κ1) is 21.2. The molecule has 4 nitrogen and oxygen atoms in total. The third kappa shape index (κ3) is 5.09. The summed E-state index contributed by atoms with van der Waals surface area (Å²) in [6.07, 6.45) is 2.88. The molecule has 0 aromatic heterocycles. The number of carbonyl (C=O) groups excluding carboxylic acids is 1. The van der Waals surface area contributed by atoms with Crippen LogP contribution in [0.1, 0.15) is 31.7 Å². The van der Waals surface area contributed by atoms with Gasteiger partial charge in [-0.3, -0.25) is 9.69 Å². The molecule has 0 radical (unpaired) electrons. The van der Waals surface area contributed by atoms with E-state index >= 15 is 0 Å². The van der Waals surface area contributed by atoms with Gasteiger partial charge in [0, 0.05) is 26.2 Å². The highest BCUT2D eigenvalue weighted by Crippen LogP contribution is 2.34. The van der Waals surface area contributed by atoms with Crippen molar-refractivity contribution >= 4 is 30.7 Å². The number of carbonyl (C=O) groups is 1. The molecule has 1 aliphatic carbocycles. The molecule has 0 bridgehead atoms. The molecule has 1 atom stereocenters. The topological polar surface area (TPSA) is 49.6 Å². The first-order chi connectivity index (χ1) is 10.6. The van der Waals surface area contributed by atoms with E-state index in [0.29, 0.717) is 5.92 Å². The number of nitrogens with two attached hydrogens (primary N) is 1. The Balaban J connectivity index is 0.00000144. The Morgan fingerprint density at radius 3 is 2.54 bits per heavy atom. The van der Waals surface area contributed by atoms with Crippen LogP contribution in [0.5, 0.6) is 0 Å². The summed E-state index contributed by atoms with van der Waals surface area (Å²) < 4.78 is 0. The van der Waals surface area contributed by atoms with E-state index in [9.17, 15) is 4.79 Å². The van der Waals surface area contributed by atoms with Crippen LogP contribution in [-0.2, 0) is 11.3 Å². The molecule has 136 valence electrons. The van der Waals surface area contributed by atoms with Crippen molar-refractivity contribution in [2.24, 2.45) is 11.7 Å². The van der Waals surface area contributed by atoms with E-state index in [0.717, 1.165) is 45.6 Å². The minimum Gasteiger partial charge on any atom is -0.341 e. The van der Waals surface area contributed by atoms with Gasteiger partial charge < -0.3 is 10.6 Å². The van der Waals surface area contributed by atoms with Gasteiger partial charge in [0.2, 0.25) is 5.91 Å². The summed E-state index contributed by atoms with van der Waals surface area (Å²) in [6.45, 7) is 6.90. The fourth-order valence-electron chi connectivity index (χ4n) is 3.38. The highest BCUT2D eigenvalue weighted by molar-refractivity contribution is 5.89. The van der Waals surface area contributed by atoms with Gasteiger partial charge in [-0.05, 0) is 44.2 Å². The summed E-state index contributed by atoms with van der Waals surface area (Å²) in [6, 6.07) is 10.6. The zero-order valence-corrected chi connectivity index (χ0v) is 16.0. The molecule has 1 aromatic rings. The van der Waals surface area contributed by atoms with Crippen LogP contribution in [0.2, 0.25) is 0 Å². The van der Waals surface area contributed by atoms with Crippen LogP contribution >= 0.6 is 24.8 Å². The second-order valence-electron chi connectivity index (χ2n) is 6.88. The number of likely N-dealkylation sites (N-methyl/N-ethyl adjacent to an activating group) is 1. The molecule has 3 rings (SSSR count). The fourth-order valence-corrected chi connectivity index (χ4v) is 3.38. The highest BCUT2D eigenvalue weighted by Gasteiger charge is 2.48. The molecular weight excluding hydrogens is 345 g/mol. The monoisotopic (exact) mass is 373 g/mol. The number of hydrogen-bond donors (Lipinski definition) is 1. The Bertz CT molecular complexity index is 522. The van der Waals surface area contributed by atoms with Crippen molar-refractivity contribution in [2.45, 2.75) is 38.3 Å². The standard InChI is InChI=1S/C18H27N3O.2ClH/c1-2-21(17(22)18(19)9-10-18)14-16-8-11-20(13-16)12-15-6-4-3-5-7-15;;/h3-7,16H,2,8-14,19H2,1H3;2*1H. The van der Waals surface area contributed by atoms with Gasteiger partial charge in [0.15, 0.2) is 0 Å². The third-order valence-electron chi connectivity index (χ3n) is 4.98. The maximum atomic E-state index is 12.4. The summed E-state index contributed by atoms with van der Waals surface area (Å²) in [5, 5.41) is 0. The number of amides is 1. The van der Waals surface area contributed by atoms with E-state index in [2.05, 4.69) is 42.2 Å². The lowest BCUT2D eigenvalue weighted by atomic mass is 10.1. The van der Waals surface area contributed by atoms with Crippen LogP contribution in [0.3, 0.4) is 0 Å². The Hall–Kier alpha value is -0.810. The molecule has 1 amide bonds. The molecule has 1 saturated heterocycles. The molecule has 1 unspecified atom stereocenters. The lowest BCUT2D eigenvalue weighted by molar-refractivity contribution is -0.134. The molecule has 0 spiro atoms. The van der Waals surface area contributed by atoms with Crippen molar-refractivity contribution in [3.05, 3.63) is 35.9 Å². The lowest BCUT2D eigenvalue weighted by Gasteiger charge is -2.27. The number of nitrogens with zero attached hydrogens (tertiary/aromatic N) is 2. The Morgan fingerprint density at radius 1 is 1.29 bits per heavy atom. The number of likely N-dealkylation sites (tertiary alicyclic amines) is 1. The van der Waals surface area contributed by atoms with Gasteiger partial charge in [0.25, 0.3) is 0 Å². The Morgan fingerprint density at radius 2 is 1.96 bits per heavy atom. The average Bonchev–Trinajstić information content (AvgIpc) is 3.14. The van der Waals surface area contributed by atoms with E-state index < -0.39 is 5.54 Å². The van der Waals surface area contributed by atoms with Gasteiger partial charge >= 0.3 is 0 Å². The third-order valence-corrected chi connectivity index (χ3v) is 4.98. The molecule has 1 aliphatic heterocycles. The summed E-state index contributed by atoms with van der Waals surface area (Å²) in [5.41, 5.74) is 6.91. The van der Waals surface area contributed by atoms with Gasteiger partial charge in [0.05, 0.1) is 5.54 Å². The van der Waals surface area contributed by atoms with Crippen LogP contribution in [0, 0.1) is 5.92 Å². The minimum absolute atomic E-state index is 0. The molecule has 1 heterocycles. The molecule has 2 N–H and O–H groups in total. The predicted octanol–water partition coefficient (Wildman–Crippen LogP) is 2.69. The quantitative estimate of drug-likeness (QED) is 0.833. The SMILES string of the molecule is CCN(CC1CCN(Cc2ccccc2)C1)C(=O)C1(N)CC1.Cl.Cl. The molecule has 24 heavy (non-hydrogen) atoms. The summed E-state index contributed by atoms with van der Waals surface area (Å²) in [4.78, 5) is 16.9. The van der Waals surface area contributed by atoms with Crippen LogP contribution in [0.4, 0.5) is 0 Å². The zero-order chi connectivity index (χ0) is 15.6. The molecular formula is C18H29Cl2N3O. The summed E-state index contributed by atoms with van der Waals surface area (Å²) in [5.74, 6) is 0.742. The van der Waals surface area contributed by atoms with Gasteiger partial charge in [-0.25, -0.2) is 0 Å². The van der Waals surface area contributed by atoms with Crippen LogP contribution < -0.4 is 5.73 Å². The second-order valence-corrected chi connectivity index (χ2v) is 6.88. The Labute approximate surface area is 157 Å². The van der Waals surface area contributed by atoms with Gasteiger partial charge in [-0.1, -0.05) is 30.3 Å². The van der Waals surface area contributed by atoms with E-state index in [4.69, 9.17) is 5.73 Å². The lowest BCUT2D eigenvalue weighted by Crippen LogP contribution is -2.47. The van der Waals surface area contributed by atoms with E-state index in [1.54, 1.807) is 0 Å². The number of halogens is 2. The zero-order valence-electron chi connectivity index (χ0n) is 14.3. The normalized spacial score (nSPS) is 21.5. The Kier molecular flexibility index (Phi) is 8.00. The molecule has 6 heteroatoms. The van der Waals surface area contributed by atoms with Crippen molar-refractivity contribution in [2.75, 3.05) is 26.2 Å². The number of benzene rings is 1. The first-order valence-corrected chi connectivity index (χ1v) is 8.45. The van der Waals surface area contributed by atoms with Crippen molar-refractivity contribution in [3.8, 4) is 0 Å². The number of hydrogen-bond acceptors (Lipinski definition) is 3. The van der Waals surface area contributed by atoms with Crippen LogP contribution in [0.15, 0.2) is 30.3 Å². The first-order valence-electron chi connectivity index (χ1n) is 8.45. The van der Waals surface area contributed by atoms with Crippen molar-refractivity contribution in [3.63, 3.8) is 0 Å². The maximum absolute atomic E-state index is 12.4. The molecule has 1 saturated carbocycles. The second kappa shape index (κ2) is 9.04. The molecule has 2 fully saturated rings. The summed E-state index contributed by atoms with van der Waals surface area (Å²) >= 11 is 0.